The summed E-state index contributed by atoms with van der Waals surface area (Å²) in [6, 6.07) is 5.15. The molecule has 2 aromatic rings. The van der Waals surface area contributed by atoms with Crippen LogP contribution in [0, 0.1) is 6.92 Å². The van der Waals surface area contributed by atoms with Crippen LogP contribution < -0.4 is 10.5 Å². The molecule has 1 atom stereocenters. The Morgan fingerprint density at radius 1 is 1.31 bits per heavy atom. The van der Waals surface area contributed by atoms with Crippen LogP contribution in [0.25, 0.3) is 11.1 Å². The molecular weight excluding hydrogens is 397 g/mol. The van der Waals surface area contributed by atoms with Crippen LogP contribution in [-0.4, -0.2) is 37.0 Å². The van der Waals surface area contributed by atoms with Crippen LogP contribution in [0.3, 0.4) is 0 Å². The average molecular weight is 421 g/mol. The molecule has 0 spiro atoms. The van der Waals surface area contributed by atoms with Crippen LogP contribution >= 0.6 is 36.4 Å². The zero-order valence-electron chi connectivity index (χ0n) is 15.4. The molecule has 2 rings (SSSR count). The van der Waals surface area contributed by atoms with Gasteiger partial charge in [0.05, 0.1) is 7.11 Å². The van der Waals surface area contributed by atoms with Gasteiger partial charge >= 0.3 is 0 Å². The van der Waals surface area contributed by atoms with E-state index >= 15 is 0 Å². The molecule has 5 nitrogen and oxygen atoms in total. The third-order valence-corrected chi connectivity index (χ3v) is 4.27. The number of nitrogens with zero attached hydrogens (tertiary/aromatic N) is 2. The van der Waals surface area contributed by atoms with Crippen molar-refractivity contribution in [2.75, 3.05) is 21.2 Å². The zero-order valence-corrected chi connectivity index (χ0v) is 17.8. The molecule has 1 amide bonds. The van der Waals surface area contributed by atoms with E-state index in [4.69, 9.17) is 22.1 Å². The van der Waals surface area contributed by atoms with Gasteiger partial charge in [-0.2, -0.15) is 0 Å². The second kappa shape index (κ2) is 9.97. The monoisotopic (exact) mass is 419 g/mol. The predicted octanol–water partition coefficient (Wildman–Crippen LogP) is 4.28. The molecule has 1 unspecified atom stereocenters. The summed E-state index contributed by atoms with van der Waals surface area (Å²) in [5, 5.41) is 0.617. The fourth-order valence-corrected chi connectivity index (χ4v) is 2.76. The second-order valence-electron chi connectivity index (χ2n) is 5.90. The van der Waals surface area contributed by atoms with Gasteiger partial charge in [-0.1, -0.05) is 17.7 Å². The SMILES string of the molecule is COc1c(C(C)N)cc(Cl)c(C)c1-c1ccc(C(=O)N(C)C)nc1.Cl.Cl. The Balaban J connectivity index is 0.00000312. The maximum absolute atomic E-state index is 12.0. The summed E-state index contributed by atoms with van der Waals surface area (Å²) >= 11 is 6.37. The summed E-state index contributed by atoms with van der Waals surface area (Å²) in [4.78, 5) is 17.7. The first-order valence-electron chi connectivity index (χ1n) is 7.58. The number of methoxy groups -OCH3 is 1. The Hall–Kier alpha value is -1.53. The minimum Gasteiger partial charge on any atom is -0.496 e. The average Bonchev–Trinajstić information content (AvgIpc) is 2.55. The summed E-state index contributed by atoms with van der Waals surface area (Å²) < 4.78 is 5.60. The van der Waals surface area contributed by atoms with E-state index in [-0.39, 0.29) is 36.8 Å². The minimum absolute atomic E-state index is 0. The lowest BCUT2D eigenvalue weighted by Crippen LogP contribution is -2.22. The minimum atomic E-state index is -0.223. The van der Waals surface area contributed by atoms with Crippen molar-refractivity contribution in [3.8, 4) is 16.9 Å². The molecule has 8 heteroatoms. The lowest BCUT2D eigenvalue weighted by molar-refractivity contribution is 0.0822. The number of rotatable bonds is 4. The molecule has 0 bridgehead atoms. The first kappa shape index (κ1) is 24.5. The molecule has 0 aliphatic heterocycles. The van der Waals surface area contributed by atoms with Gasteiger partial charge < -0.3 is 15.4 Å². The number of pyridine rings is 1. The molecule has 0 saturated carbocycles. The number of carbonyl (C=O) groups is 1. The smallest absolute Gasteiger partial charge is 0.271 e. The fourth-order valence-electron chi connectivity index (χ4n) is 2.55. The van der Waals surface area contributed by atoms with Crippen molar-refractivity contribution >= 4 is 42.3 Å². The van der Waals surface area contributed by atoms with Crippen LogP contribution in [-0.2, 0) is 0 Å². The summed E-state index contributed by atoms with van der Waals surface area (Å²) in [5.74, 6) is 0.535. The van der Waals surface area contributed by atoms with Crippen LogP contribution in [0.5, 0.6) is 5.75 Å². The van der Waals surface area contributed by atoms with E-state index in [1.54, 1.807) is 33.5 Å². The number of aromatic nitrogens is 1. The summed E-state index contributed by atoms with van der Waals surface area (Å²) in [5.41, 5.74) is 9.81. The van der Waals surface area contributed by atoms with E-state index in [0.29, 0.717) is 16.5 Å². The van der Waals surface area contributed by atoms with E-state index in [2.05, 4.69) is 4.98 Å². The highest BCUT2D eigenvalue weighted by Gasteiger charge is 2.20. The van der Waals surface area contributed by atoms with Crippen LogP contribution in [0.4, 0.5) is 0 Å². The van der Waals surface area contributed by atoms with Gasteiger partial charge in [0.1, 0.15) is 11.4 Å². The van der Waals surface area contributed by atoms with E-state index in [1.165, 1.54) is 4.90 Å². The van der Waals surface area contributed by atoms with Crippen molar-refractivity contribution in [3.05, 3.63) is 46.2 Å². The first-order valence-corrected chi connectivity index (χ1v) is 7.96. The highest BCUT2D eigenvalue weighted by Crippen LogP contribution is 2.41. The summed E-state index contributed by atoms with van der Waals surface area (Å²) in [7, 11) is 4.99. The topological polar surface area (TPSA) is 68.5 Å². The van der Waals surface area contributed by atoms with Crippen molar-refractivity contribution in [1.29, 1.82) is 0 Å². The number of halogens is 3. The standard InChI is InChI=1S/C18H22ClN3O2.2ClH/c1-10-14(19)8-13(11(2)20)17(24-5)16(10)12-6-7-15(21-9-12)18(23)22(3)4;;/h6-9,11H,20H2,1-5H3;2*1H. The Kier molecular flexibility index (Phi) is 9.39. The molecule has 1 aromatic heterocycles. The molecule has 0 radical (unpaired) electrons. The summed E-state index contributed by atoms with van der Waals surface area (Å²) in [6.07, 6.45) is 1.66. The van der Waals surface area contributed by atoms with Crippen LogP contribution in [0.1, 0.15) is 34.6 Å². The Bertz CT molecular complexity index is 763. The summed E-state index contributed by atoms with van der Waals surface area (Å²) in [6.45, 7) is 3.80. The maximum atomic E-state index is 12.0. The third kappa shape index (κ3) is 4.80. The van der Waals surface area contributed by atoms with Crippen molar-refractivity contribution in [2.24, 2.45) is 5.73 Å². The highest BCUT2D eigenvalue weighted by atomic mass is 35.5. The lowest BCUT2D eigenvalue weighted by Gasteiger charge is -2.20. The van der Waals surface area contributed by atoms with Crippen LogP contribution in [0.15, 0.2) is 24.4 Å². The molecule has 26 heavy (non-hydrogen) atoms. The molecule has 0 aliphatic carbocycles. The van der Waals surface area contributed by atoms with Gasteiger partial charge in [-0.3, -0.25) is 9.78 Å². The molecule has 2 N–H and O–H groups in total. The Morgan fingerprint density at radius 3 is 2.35 bits per heavy atom. The predicted molar refractivity (Wildman–Crippen MR) is 111 cm³/mol. The first-order chi connectivity index (χ1) is 11.3. The van der Waals surface area contributed by atoms with Gasteiger partial charge in [0, 0.05) is 48.0 Å². The zero-order chi connectivity index (χ0) is 18.0. The van der Waals surface area contributed by atoms with E-state index in [0.717, 1.165) is 22.3 Å². The van der Waals surface area contributed by atoms with E-state index in [1.807, 2.05) is 26.0 Å². The number of nitrogens with two attached hydrogens (primary N) is 1. The van der Waals surface area contributed by atoms with Gasteiger partial charge in [0.2, 0.25) is 0 Å². The van der Waals surface area contributed by atoms with Crippen molar-refractivity contribution in [2.45, 2.75) is 19.9 Å². The van der Waals surface area contributed by atoms with E-state index in [9.17, 15) is 4.79 Å². The van der Waals surface area contributed by atoms with Gasteiger partial charge in [-0.05, 0) is 31.5 Å². The number of hydrogen-bond acceptors (Lipinski definition) is 4. The number of hydrogen-bond donors (Lipinski definition) is 1. The maximum Gasteiger partial charge on any atom is 0.271 e. The van der Waals surface area contributed by atoms with Gasteiger partial charge in [-0.15, -0.1) is 24.8 Å². The number of amides is 1. The lowest BCUT2D eigenvalue weighted by atomic mass is 9.95. The molecule has 1 heterocycles. The normalized spacial score (nSPS) is 11.0. The second-order valence-corrected chi connectivity index (χ2v) is 6.31. The highest BCUT2D eigenvalue weighted by molar-refractivity contribution is 6.32. The number of carbonyl (C=O) groups excluding carboxylic acids is 1. The third-order valence-electron chi connectivity index (χ3n) is 3.88. The van der Waals surface area contributed by atoms with Crippen molar-refractivity contribution in [1.82, 2.24) is 9.88 Å². The largest absolute Gasteiger partial charge is 0.496 e. The van der Waals surface area contributed by atoms with E-state index < -0.39 is 0 Å². The van der Waals surface area contributed by atoms with Crippen molar-refractivity contribution in [3.63, 3.8) is 0 Å². The molecule has 0 aliphatic rings. The van der Waals surface area contributed by atoms with Gasteiger partial charge in [0.25, 0.3) is 5.91 Å². The van der Waals surface area contributed by atoms with Gasteiger partial charge in [0.15, 0.2) is 0 Å². The fraction of sp³-hybridized carbons (Fsp3) is 0.333. The molecule has 1 aromatic carbocycles. The number of ether oxygens (including phenoxy) is 1. The number of benzene rings is 1. The molecule has 0 saturated heterocycles. The Morgan fingerprint density at radius 2 is 1.92 bits per heavy atom. The Labute approximate surface area is 171 Å². The van der Waals surface area contributed by atoms with Crippen molar-refractivity contribution < 1.29 is 9.53 Å². The molecule has 0 fully saturated rings. The molecule has 144 valence electrons. The van der Waals surface area contributed by atoms with Gasteiger partial charge in [-0.25, -0.2) is 0 Å². The quantitative estimate of drug-likeness (QED) is 0.801. The molecular formula is C18H24Cl3N3O2. The van der Waals surface area contributed by atoms with Crippen LogP contribution in [0.2, 0.25) is 5.02 Å².